The fourth-order valence-corrected chi connectivity index (χ4v) is 7.65. The van der Waals surface area contributed by atoms with Crippen LogP contribution in [0.3, 0.4) is 0 Å². The lowest BCUT2D eigenvalue weighted by Crippen LogP contribution is -3.21. The van der Waals surface area contributed by atoms with E-state index >= 15 is 0 Å². The number of hydrogen-bond donors (Lipinski definition) is 3. The predicted octanol–water partition coefficient (Wildman–Crippen LogP) is 1.75. The van der Waals surface area contributed by atoms with Crippen molar-refractivity contribution in [1.82, 2.24) is 4.98 Å². The van der Waals surface area contributed by atoms with E-state index in [4.69, 9.17) is 22.4 Å². The molecule has 1 unspecified atom stereocenters. The van der Waals surface area contributed by atoms with Gasteiger partial charge in [0.2, 0.25) is 0 Å². The first-order chi connectivity index (χ1) is 17.1. The van der Waals surface area contributed by atoms with Crippen molar-refractivity contribution >= 4 is 21.0 Å². The molecule has 1 spiro atoms. The van der Waals surface area contributed by atoms with Gasteiger partial charge in [0.15, 0.2) is 17.6 Å². The van der Waals surface area contributed by atoms with E-state index in [9.17, 15) is 5.11 Å². The molecule has 3 N–H and O–H groups in total. The highest BCUT2D eigenvalue weighted by Gasteiger charge is 2.75. The van der Waals surface area contributed by atoms with Gasteiger partial charge in [0.1, 0.15) is 11.6 Å². The minimum absolute atomic E-state index is 0.182. The number of para-hydroxylation sites is 1. The number of fused-ring (bicyclic) bond motifs is 4. The van der Waals surface area contributed by atoms with Crippen LogP contribution in [0.2, 0.25) is 0 Å². The Hall–Kier alpha value is -2.85. The lowest BCUT2D eigenvalue weighted by atomic mass is 9.49. The minimum atomic E-state index is -3.92. The van der Waals surface area contributed by atoms with Gasteiger partial charge in [-0.1, -0.05) is 30.8 Å². The molecule has 5 atom stereocenters. The van der Waals surface area contributed by atoms with Crippen LogP contribution in [0.15, 0.2) is 49.1 Å². The predicted molar refractivity (Wildman–Crippen MR) is 134 cm³/mol. The maximum atomic E-state index is 10.8. The molecule has 2 aliphatic heterocycles. The number of aromatic amines is 1. The second-order valence-corrected chi connectivity index (χ2v) is 11.8. The Morgan fingerprint density at radius 1 is 1.33 bits per heavy atom. The van der Waals surface area contributed by atoms with E-state index in [1.807, 2.05) is 13.2 Å². The molecule has 0 radical (unpaired) electrons. The van der Waals surface area contributed by atoms with Crippen molar-refractivity contribution in [1.29, 1.82) is 0 Å². The number of phenolic OH excluding ortho intramolecular Hbond substituents is 1. The lowest BCUT2D eigenvalue weighted by Gasteiger charge is -2.62. The number of methoxy groups -OCH3 is 1. The Morgan fingerprint density at radius 3 is 2.81 bits per heavy atom. The summed E-state index contributed by atoms with van der Waals surface area (Å²) in [6, 6.07) is 12.7. The Kier molecular flexibility index (Phi) is 5.12. The SMILES string of the molecule is C=CC[NH+]1CC[C@]23c4c5ccc(O)c4O[C@H]2c2[nH]c4ccccc4c2C[C@@]3(OC)[C@H]1C5.CS(=O)(=O)[O-]. The number of phenols is 1. The Balaban J connectivity index is 0.000000441. The van der Waals surface area contributed by atoms with Crippen LogP contribution in [-0.2, 0) is 33.1 Å². The van der Waals surface area contributed by atoms with Crippen molar-refractivity contribution < 1.29 is 32.5 Å². The first-order valence-electron chi connectivity index (χ1n) is 12.2. The number of aromatic hydroxyl groups is 1. The number of nitrogens with one attached hydrogen (secondary N) is 2. The quantitative estimate of drug-likeness (QED) is 0.365. The van der Waals surface area contributed by atoms with Crippen LogP contribution >= 0.6 is 0 Å². The fourth-order valence-electron chi connectivity index (χ4n) is 7.65. The van der Waals surface area contributed by atoms with Crippen LogP contribution in [0.1, 0.15) is 34.9 Å². The third kappa shape index (κ3) is 3.00. The number of benzene rings is 2. The Labute approximate surface area is 210 Å². The molecule has 4 aliphatic rings. The average Bonchev–Trinajstić information content (AvgIpc) is 3.36. The molecule has 8 nitrogen and oxygen atoms in total. The number of piperidine rings is 1. The van der Waals surface area contributed by atoms with E-state index < -0.39 is 15.7 Å². The van der Waals surface area contributed by atoms with Crippen LogP contribution < -0.4 is 9.64 Å². The topological polar surface area (TPSA) is 116 Å². The van der Waals surface area contributed by atoms with Crippen LogP contribution in [0, 0.1) is 0 Å². The number of hydrogen-bond acceptors (Lipinski definition) is 6. The van der Waals surface area contributed by atoms with Gasteiger partial charge in [-0.05, 0) is 29.3 Å². The van der Waals surface area contributed by atoms with Crippen molar-refractivity contribution in [3.63, 3.8) is 0 Å². The normalized spacial score (nSPS) is 31.0. The van der Waals surface area contributed by atoms with Gasteiger partial charge in [0.25, 0.3) is 0 Å². The van der Waals surface area contributed by atoms with E-state index in [1.165, 1.54) is 27.0 Å². The summed E-state index contributed by atoms with van der Waals surface area (Å²) in [4.78, 5) is 5.24. The van der Waals surface area contributed by atoms with E-state index in [2.05, 4.69) is 41.9 Å². The molecule has 2 aliphatic carbocycles. The summed E-state index contributed by atoms with van der Waals surface area (Å²) >= 11 is 0. The monoisotopic (exact) mass is 510 g/mol. The van der Waals surface area contributed by atoms with Crippen molar-refractivity contribution in [3.8, 4) is 11.5 Å². The van der Waals surface area contributed by atoms with Gasteiger partial charge in [-0.25, -0.2) is 8.42 Å². The van der Waals surface area contributed by atoms with Crippen molar-refractivity contribution in [3.05, 3.63) is 71.4 Å². The largest absolute Gasteiger partial charge is 0.748 e. The van der Waals surface area contributed by atoms with Crippen molar-refractivity contribution in [2.45, 2.75) is 42.4 Å². The summed E-state index contributed by atoms with van der Waals surface area (Å²) in [7, 11) is -2.03. The van der Waals surface area contributed by atoms with Crippen LogP contribution in [0.4, 0.5) is 0 Å². The molecule has 190 valence electrons. The maximum absolute atomic E-state index is 10.8. The Bertz CT molecular complexity index is 1490. The second-order valence-electron chi connectivity index (χ2n) is 10.4. The highest BCUT2D eigenvalue weighted by Crippen LogP contribution is 2.68. The van der Waals surface area contributed by atoms with Crippen molar-refractivity contribution in [2.24, 2.45) is 0 Å². The van der Waals surface area contributed by atoms with Crippen LogP contribution in [-0.4, -0.2) is 61.2 Å². The van der Waals surface area contributed by atoms with E-state index in [0.717, 1.165) is 43.6 Å². The molecule has 0 amide bonds. The van der Waals surface area contributed by atoms with Crippen LogP contribution in [0.25, 0.3) is 10.9 Å². The molecule has 3 heterocycles. The van der Waals surface area contributed by atoms with Gasteiger partial charge < -0.3 is 29.0 Å². The first kappa shape index (κ1) is 23.5. The summed E-state index contributed by atoms with van der Waals surface area (Å²) in [5.74, 6) is 0.908. The number of aromatic nitrogens is 1. The highest BCUT2D eigenvalue weighted by atomic mass is 32.2. The number of likely N-dealkylation sites (tertiary alicyclic amines) is 1. The number of ether oxygens (including phenoxy) is 2. The molecular weight excluding hydrogens is 480 g/mol. The summed E-state index contributed by atoms with van der Waals surface area (Å²) in [5.41, 5.74) is 5.40. The molecule has 36 heavy (non-hydrogen) atoms. The smallest absolute Gasteiger partial charge is 0.166 e. The van der Waals surface area contributed by atoms with Gasteiger partial charge in [-0.3, -0.25) is 0 Å². The number of H-pyrrole nitrogens is 1. The zero-order valence-corrected chi connectivity index (χ0v) is 21.2. The molecule has 1 saturated heterocycles. The van der Waals surface area contributed by atoms with E-state index in [0.29, 0.717) is 18.0 Å². The molecule has 1 aromatic heterocycles. The van der Waals surface area contributed by atoms with Crippen LogP contribution in [0.5, 0.6) is 11.5 Å². The highest BCUT2D eigenvalue weighted by molar-refractivity contribution is 7.84. The van der Waals surface area contributed by atoms with Gasteiger partial charge in [0, 0.05) is 49.1 Å². The molecule has 1 fully saturated rings. The summed E-state index contributed by atoms with van der Waals surface area (Å²) in [5, 5.41) is 12.0. The van der Waals surface area contributed by atoms with E-state index in [-0.39, 0.29) is 17.3 Å². The fraction of sp³-hybridized carbons (Fsp3) is 0.407. The van der Waals surface area contributed by atoms with Crippen molar-refractivity contribution in [2.75, 3.05) is 26.5 Å². The van der Waals surface area contributed by atoms with Gasteiger partial charge in [-0.15, -0.1) is 0 Å². The third-order valence-corrected chi connectivity index (χ3v) is 8.75. The molecule has 2 bridgehead atoms. The second kappa shape index (κ2) is 7.82. The summed E-state index contributed by atoms with van der Waals surface area (Å²) in [6.07, 6.45) is 5.20. The maximum Gasteiger partial charge on any atom is 0.166 e. The molecular formula is C27H30N2O6S. The first-order valence-corrected chi connectivity index (χ1v) is 14.0. The lowest BCUT2D eigenvalue weighted by molar-refractivity contribution is -0.937. The summed E-state index contributed by atoms with van der Waals surface area (Å²) < 4.78 is 40.6. The van der Waals surface area contributed by atoms with Gasteiger partial charge in [0.05, 0.1) is 34.3 Å². The molecule has 2 aromatic carbocycles. The number of quaternary nitrogens is 1. The molecule has 9 heteroatoms. The molecule has 3 aromatic rings. The molecule has 7 rings (SSSR count). The van der Waals surface area contributed by atoms with Gasteiger partial charge >= 0.3 is 0 Å². The Morgan fingerprint density at radius 2 is 2.08 bits per heavy atom. The molecule has 0 saturated carbocycles. The third-order valence-electron chi connectivity index (χ3n) is 8.75. The van der Waals surface area contributed by atoms with E-state index in [1.54, 1.807) is 6.07 Å². The average molecular weight is 511 g/mol. The summed E-state index contributed by atoms with van der Waals surface area (Å²) in [6.45, 7) is 6.01. The number of rotatable bonds is 3. The minimum Gasteiger partial charge on any atom is -0.748 e. The zero-order valence-electron chi connectivity index (χ0n) is 20.3. The standard InChI is InChI=1S/C26H26N2O3.CH4O3S/c1-3-11-28-12-10-25-21-15-8-9-19(29)23(21)31-24(25)22-17(14-26(25,30-2)20(28)13-15)16-6-4-5-7-18(16)27-22;1-5(2,3)4/h3-9,20,24,27,29H,1,10-14H2,2H3;1H3,(H,2,3,4)/t20-,24+,25+,26-;/m1./s1. The zero-order chi connectivity index (χ0) is 25.5. The van der Waals surface area contributed by atoms with Gasteiger partial charge in [-0.2, -0.15) is 0 Å².